The number of carbonyl (C=O) groups is 2. The molecule has 1 aromatic rings. The Kier molecular flexibility index (Phi) is 4.11. The summed E-state index contributed by atoms with van der Waals surface area (Å²) in [5.41, 5.74) is -0.0738. The predicted octanol–water partition coefficient (Wildman–Crippen LogP) is 1.86. The van der Waals surface area contributed by atoms with Crippen LogP contribution in [0.5, 0.6) is 11.5 Å². The summed E-state index contributed by atoms with van der Waals surface area (Å²) in [7, 11) is 1.45. The number of rotatable bonds is 2. The van der Waals surface area contributed by atoms with Crippen LogP contribution >= 0.6 is 0 Å². The van der Waals surface area contributed by atoms with Crippen molar-refractivity contribution in [3.05, 3.63) is 42.0 Å². The first kappa shape index (κ1) is 20.1. The quantitative estimate of drug-likeness (QED) is 0.613. The Hall–Kier alpha value is -2.84. The van der Waals surface area contributed by atoms with Gasteiger partial charge in [-0.25, -0.2) is 4.79 Å². The maximum absolute atomic E-state index is 13.1. The zero-order valence-corrected chi connectivity index (χ0v) is 17.5. The molecule has 164 valence electrons. The fraction of sp³-hybridized carbons (Fsp3) is 0.478. The molecule has 1 aromatic carbocycles. The molecule has 0 aromatic heterocycles. The summed E-state index contributed by atoms with van der Waals surface area (Å²) < 4.78 is 11.0. The number of phenols is 1. The fourth-order valence-electron chi connectivity index (χ4n) is 5.68. The van der Waals surface area contributed by atoms with Crippen LogP contribution in [0.15, 0.2) is 36.4 Å². The number of benzene rings is 1. The molecule has 8 nitrogen and oxygen atoms in total. The number of esters is 1. The average molecular weight is 427 g/mol. The van der Waals surface area contributed by atoms with Gasteiger partial charge in [-0.15, -0.1) is 0 Å². The second-order valence-corrected chi connectivity index (χ2v) is 9.08. The van der Waals surface area contributed by atoms with Gasteiger partial charge in [-0.1, -0.05) is 6.92 Å². The van der Waals surface area contributed by atoms with E-state index in [2.05, 4.69) is 5.48 Å². The lowest BCUT2D eigenvalue weighted by Crippen LogP contribution is -2.57. The topological polar surface area (TPSA) is 114 Å². The number of ketones is 1. The fourth-order valence-corrected chi connectivity index (χ4v) is 5.68. The molecule has 1 saturated heterocycles. The summed E-state index contributed by atoms with van der Waals surface area (Å²) in [6.07, 6.45) is 4.94. The first-order valence-corrected chi connectivity index (χ1v) is 10.4. The van der Waals surface area contributed by atoms with Gasteiger partial charge >= 0.3 is 5.97 Å². The number of methoxy groups -OCH3 is 1. The van der Waals surface area contributed by atoms with E-state index in [1.807, 2.05) is 6.92 Å². The summed E-state index contributed by atoms with van der Waals surface area (Å²) in [6, 6.07) is 4.80. The summed E-state index contributed by atoms with van der Waals surface area (Å²) in [5.74, 6) is -1.21. The molecule has 1 saturated carbocycles. The summed E-state index contributed by atoms with van der Waals surface area (Å²) in [4.78, 5) is 31.9. The van der Waals surface area contributed by atoms with Crippen molar-refractivity contribution in [2.24, 2.45) is 17.3 Å². The van der Waals surface area contributed by atoms with Crippen LogP contribution in [-0.4, -0.2) is 46.4 Å². The van der Waals surface area contributed by atoms with E-state index in [0.717, 1.165) is 0 Å². The Morgan fingerprint density at radius 3 is 2.77 bits per heavy atom. The molecular weight excluding hydrogens is 402 g/mol. The second kappa shape index (κ2) is 6.34. The standard InChI is InChI=1S/C23H25NO7/c1-12-4-6-14-19(21(2)18(26)8-9-23(12,21)28)30-20(27)22(14)11-15(24-31-22)13-5-7-16(25)17(10-13)29-3/h5,7-12,14,19,24-25,28H,4,6H2,1-3H3/t12-,14+,19+,21-,22?,23+/m0/s1. The predicted molar refractivity (Wildman–Crippen MR) is 109 cm³/mol. The molecule has 2 fully saturated rings. The Balaban J connectivity index is 1.58. The number of allylic oxidation sites excluding steroid dienone is 1. The minimum atomic E-state index is -1.41. The van der Waals surface area contributed by atoms with Crippen LogP contribution in [0.4, 0.5) is 0 Å². The number of hydroxylamine groups is 1. The van der Waals surface area contributed by atoms with E-state index in [1.54, 1.807) is 31.2 Å². The van der Waals surface area contributed by atoms with E-state index in [-0.39, 0.29) is 23.2 Å². The molecule has 2 aliphatic heterocycles. The molecule has 2 heterocycles. The smallest absolute Gasteiger partial charge is 0.346 e. The Morgan fingerprint density at radius 1 is 1.26 bits per heavy atom. The van der Waals surface area contributed by atoms with E-state index in [9.17, 15) is 19.8 Å². The molecule has 0 bridgehead atoms. The van der Waals surface area contributed by atoms with Crippen LogP contribution < -0.4 is 10.2 Å². The molecule has 1 spiro atoms. The molecule has 3 N–H and O–H groups in total. The van der Waals surface area contributed by atoms with Crippen LogP contribution in [0.1, 0.15) is 32.3 Å². The van der Waals surface area contributed by atoms with Gasteiger partial charge in [0.15, 0.2) is 17.3 Å². The highest BCUT2D eigenvalue weighted by Gasteiger charge is 2.72. The van der Waals surface area contributed by atoms with Crippen molar-refractivity contribution in [2.75, 3.05) is 7.11 Å². The largest absolute Gasteiger partial charge is 0.504 e. The molecule has 8 heteroatoms. The lowest BCUT2D eigenvalue weighted by Gasteiger charge is -2.43. The monoisotopic (exact) mass is 427 g/mol. The van der Waals surface area contributed by atoms with Crippen LogP contribution in [0.2, 0.25) is 0 Å². The van der Waals surface area contributed by atoms with Crippen molar-refractivity contribution in [3.8, 4) is 11.5 Å². The number of hydrogen-bond acceptors (Lipinski definition) is 8. The van der Waals surface area contributed by atoms with Crippen LogP contribution in [0, 0.1) is 17.3 Å². The highest BCUT2D eigenvalue weighted by Crippen LogP contribution is 2.59. The van der Waals surface area contributed by atoms with Gasteiger partial charge in [0, 0.05) is 11.5 Å². The molecule has 31 heavy (non-hydrogen) atoms. The van der Waals surface area contributed by atoms with Crippen LogP contribution in [0.3, 0.4) is 0 Å². The highest BCUT2D eigenvalue weighted by molar-refractivity contribution is 6.01. The first-order valence-electron chi connectivity index (χ1n) is 10.4. The summed E-state index contributed by atoms with van der Waals surface area (Å²) >= 11 is 0. The Morgan fingerprint density at radius 2 is 2.03 bits per heavy atom. The van der Waals surface area contributed by atoms with Gasteiger partial charge < -0.3 is 19.7 Å². The van der Waals surface area contributed by atoms with Crippen molar-refractivity contribution >= 4 is 17.4 Å². The van der Waals surface area contributed by atoms with E-state index in [4.69, 9.17) is 14.3 Å². The number of hydrogen-bond donors (Lipinski definition) is 3. The van der Waals surface area contributed by atoms with Crippen LogP contribution in [0.25, 0.3) is 5.70 Å². The SMILES string of the molecule is COc1cc(C2=CC3(ON2)C(=O)O[C@@H]2[C@H]3CC[C@H](C)[C@]3(O)C=CC(=O)[C@@]23C)ccc1O. The van der Waals surface area contributed by atoms with E-state index in [0.29, 0.717) is 24.1 Å². The zero-order chi connectivity index (χ0) is 22.2. The molecule has 5 rings (SSSR count). The van der Waals surface area contributed by atoms with E-state index < -0.39 is 34.6 Å². The Bertz CT molecular complexity index is 1050. The van der Waals surface area contributed by atoms with Crippen molar-refractivity contribution in [3.63, 3.8) is 0 Å². The summed E-state index contributed by atoms with van der Waals surface area (Å²) in [6.45, 7) is 3.59. The number of phenolic OH excluding ortho intramolecular Hbond substituents is 1. The van der Waals surface area contributed by atoms with E-state index in [1.165, 1.54) is 19.3 Å². The van der Waals surface area contributed by atoms with Crippen molar-refractivity contribution in [1.82, 2.24) is 5.48 Å². The molecule has 4 aliphatic rings. The third-order valence-corrected chi connectivity index (χ3v) is 7.71. The van der Waals surface area contributed by atoms with Crippen molar-refractivity contribution in [2.45, 2.75) is 44.0 Å². The highest BCUT2D eigenvalue weighted by atomic mass is 16.7. The average Bonchev–Trinajstić information content (AvgIpc) is 3.37. The molecule has 2 aliphatic carbocycles. The minimum absolute atomic E-state index is 0.00182. The van der Waals surface area contributed by atoms with Crippen LogP contribution in [-0.2, 0) is 19.2 Å². The number of ether oxygens (including phenoxy) is 2. The minimum Gasteiger partial charge on any atom is -0.504 e. The molecule has 6 atom stereocenters. The van der Waals surface area contributed by atoms with Gasteiger partial charge in [-0.3, -0.25) is 15.1 Å². The number of fused-ring (bicyclic) bond motifs is 4. The van der Waals surface area contributed by atoms with Gasteiger partial charge in [-0.2, -0.15) is 0 Å². The second-order valence-electron chi connectivity index (χ2n) is 9.08. The lowest BCUT2D eigenvalue weighted by molar-refractivity contribution is -0.169. The third kappa shape index (κ3) is 2.37. The summed E-state index contributed by atoms with van der Waals surface area (Å²) in [5, 5.41) is 21.3. The normalized spacial score (nSPS) is 40.8. The maximum atomic E-state index is 13.1. The lowest BCUT2D eigenvalue weighted by atomic mass is 9.64. The van der Waals surface area contributed by atoms with Gasteiger partial charge in [0.2, 0.25) is 5.60 Å². The van der Waals surface area contributed by atoms with Gasteiger partial charge in [-0.05, 0) is 62.1 Å². The molecule has 1 unspecified atom stereocenters. The van der Waals surface area contributed by atoms with Gasteiger partial charge in [0.1, 0.15) is 11.7 Å². The molecule has 0 radical (unpaired) electrons. The first-order chi connectivity index (χ1) is 14.7. The molecular formula is C23H25NO7. The van der Waals surface area contributed by atoms with E-state index >= 15 is 0 Å². The number of nitrogens with one attached hydrogen (secondary N) is 1. The van der Waals surface area contributed by atoms with Crippen molar-refractivity contribution < 1.29 is 34.1 Å². The van der Waals surface area contributed by atoms with Crippen molar-refractivity contribution in [1.29, 1.82) is 0 Å². The number of aromatic hydroxyl groups is 1. The maximum Gasteiger partial charge on any atom is 0.346 e. The Labute approximate surface area is 179 Å². The number of aliphatic hydroxyl groups is 1. The molecule has 0 amide bonds. The van der Waals surface area contributed by atoms with Gasteiger partial charge in [0.05, 0.1) is 18.2 Å². The number of carbonyl (C=O) groups excluding carboxylic acids is 2. The zero-order valence-electron chi connectivity index (χ0n) is 17.5. The van der Waals surface area contributed by atoms with Gasteiger partial charge in [0.25, 0.3) is 0 Å². The third-order valence-electron chi connectivity index (χ3n) is 7.71.